The van der Waals surface area contributed by atoms with Crippen molar-refractivity contribution in [3.05, 3.63) is 87.0 Å². The molecule has 0 radical (unpaired) electrons. The Bertz CT molecular complexity index is 1800. The van der Waals surface area contributed by atoms with Gasteiger partial charge in [-0.05, 0) is 84.7 Å². The quantitative estimate of drug-likeness (QED) is 0.214. The number of aromatic nitrogens is 1. The zero-order chi connectivity index (χ0) is 31.8. The van der Waals surface area contributed by atoms with Gasteiger partial charge in [-0.25, -0.2) is 9.78 Å². The van der Waals surface area contributed by atoms with E-state index in [1.807, 2.05) is 31.4 Å². The third-order valence-corrected chi connectivity index (χ3v) is 9.29. The summed E-state index contributed by atoms with van der Waals surface area (Å²) < 4.78 is 11.2. The summed E-state index contributed by atoms with van der Waals surface area (Å²) in [7, 11) is 1.24. The van der Waals surface area contributed by atoms with Crippen molar-refractivity contribution in [2.45, 2.75) is 51.8 Å². The monoisotopic (exact) mass is 626 g/mol. The average Bonchev–Trinajstić information content (AvgIpc) is 3.42. The molecule has 2 aromatic carbocycles. The molecule has 10 nitrogen and oxygen atoms in total. The molecule has 0 bridgehead atoms. The first kappa shape index (κ1) is 30.4. The van der Waals surface area contributed by atoms with E-state index in [0.29, 0.717) is 60.5 Å². The van der Waals surface area contributed by atoms with Crippen molar-refractivity contribution >= 4 is 34.8 Å². The first-order chi connectivity index (χ1) is 21.7. The van der Waals surface area contributed by atoms with Crippen LogP contribution in [0.25, 0.3) is 21.6 Å². The van der Waals surface area contributed by atoms with Crippen molar-refractivity contribution in [2.75, 3.05) is 19.0 Å². The van der Waals surface area contributed by atoms with Crippen LogP contribution in [0.1, 0.15) is 66.4 Å². The Hall–Kier alpha value is -4.58. The molecule has 4 aromatic rings. The van der Waals surface area contributed by atoms with E-state index in [1.165, 1.54) is 13.2 Å². The highest BCUT2D eigenvalue weighted by Gasteiger charge is 2.31. The van der Waals surface area contributed by atoms with E-state index in [-0.39, 0.29) is 23.3 Å². The summed E-state index contributed by atoms with van der Waals surface area (Å²) in [5, 5.41) is 17.5. The summed E-state index contributed by atoms with van der Waals surface area (Å²) in [5.74, 6) is -1.04. The Morgan fingerprint density at radius 1 is 1.04 bits per heavy atom. The summed E-state index contributed by atoms with van der Waals surface area (Å²) in [6.07, 6.45) is 1.20. The van der Waals surface area contributed by atoms with Crippen molar-refractivity contribution in [2.24, 2.45) is 5.73 Å². The van der Waals surface area contributed by atoms with Crippen LogP contribution in [0.2, 0.25) is 0 Å². The number of aryl methyl sites for hydroxylation is 2. The third-order valence-electron chi connectivity index (χ3n) is 8.30. The molecule has 232 valence electrons. The van der Waals surface area contributed by atoms with Gasteiger partial charge >= 0.3 is 5.97 Å². The molecule has 5 N–H and O–H groups in total. The number of carbonyl (C=O) groups is 3. The van der Waals surface area contributed by atoms with E-state index in [4.69, 9.17) is 15.2 Å². The lowest BCUT2D eigenvalue weighted by atomic mass is 9.89. The second-order valence-corrected chi connectivity index (χ2v) is 12.3. The Labute approximate surface area is 264 Å². The topological polar surface area (TPSA) is 153 Å². The largest absolute Gasteiger partial charge is 0.493 e. The maximum Gasteiger partial charge on any atom is 0.357 e. The minimum atomic E-state index is -0.759. The predicted molar refractivity (Wildman–Crippen MR) is 172 cm³/mol. The number of esters is 1. The minimum Gasteiger partial charge on any atom is -0.493 e. The lowest BCUT2D eigenvalue weighted by molar-refractivity contribution is 0.0560. The SMILES string of the molecule is COC(=O)c1nc(C(=O)N[C@H]2C[C@H](O)C2)ccc1-c1cc2c(cc1C(=O)Nc1c(C)cc(CN)cc1C)-c1sccc1CCO2. The molecule has 11 heteroatoms. The molecule has 3 heterocycles. The van der Waals surface area contributed by atoms with Crippen LogP contribution in [0.3, 0.4) is 0 Å². The van der Waals surface area contributed by atoms with Crippen LogP contribution in [0.5, 0.6) is 5.75 Å². The van der Waals surface area contributed by atoms with Gasteiger partial charge in [-0.2, -0.15) is 0 Å². The fraction of sp³-hybridized carbons (Fsp3) is 0.294. The number of aliphatic hydroxyl groups excluding tert-OH is 1. The van der Waals surface area contributed by atoms with Crippen molar-refractivity contribution in [1.29, 1.82) is 0 Å². The minimum absolute atomic E-state index is 0.0204. The Morgan fingerprint density at radius 3 is 2.49 bits per heavy atom. The standard InChI is InChI=1S/C34H34N4O6S/c1-17-10-19(16-35)11-18(2)29(17)38-32(40)25-14-26-28(44-8-6-20-7-9-45-31(20)26)15-24(25)23-4-5-27(37-30(23)34(42)43-3)33(41)36-21-12-22(39)13-21/h4-5,7,9-11,14-15,21-22,39H,6,8,12-13,16,35H2,1-3H3,(H,36,41)(H,38,40)/t21-,22-. The number of hydrogen-bond donors (Lipinski definition) is 4. The van der Waals surface area contributed by atoms with Crippen molar-refractivity contribution in [1.82, 2.24) is 10.3 Å². The molecule has 1 aliphatic heterocycles. The van der Waals surface area contributed by atoms with Gasteiger partial charge in [0.05, 0.1) is 19.8 Å². The van der Waals surface area contributed by atoms with Gasteiger partial charge < -0.3 is 30.9 Å². The second-order valence-electron chi connectivity index (χ2n) is 11.4. The summed E-state index contributed by atoms with van der Waals surface area (Å²) in [6.45, 7) is 4.66. The lowest BCUT2D eigenvalue weighted by Crippen LogP contribution is -2.47. The number of anilines is 1. The summed E-state index contributed by atoms with van der Waals surface area (Å²) in [5.41, 5.74) is 12.1. The van der Waals surface area contributed by atoms with Crippen molar-refractivity contribution < 1.29 is 29.0 Å². The Morgan fingerprint density at radius 2 is 1.80 bits per heavy atom. The molecular weight excluding hydrogens is 592 g/mol. The number of nitrogens with one attached hydrogen (secondary N) is 2. The highest BCUT2D eigenvalue weighted by molar-refractivity contribution is 7.13. The molecule has 0 atom stereocenters. The fourth-order valence-electron chi connectivity index (χ4n) is 5.90. The van der Waals surface area contributed by atoms with Gasteiger partial charge in [-0.3, -0.25) is 9.59 Å². The van der Waals surface area contributed by atoms with Crippen LogP contribution in [0.4, 0.5) is 5.69 Å². The zero-order valence-electron chi connectivity index (χ0n) is 25.2. The van der Waals surface area contributed by atoms with E-state index in [2.05, 4.69) is 21.7 Å². The Balaban J connectivity index is 1.48. The fourth-order valence-corrected chi connectivity index (χ4v) is 6.87. The molecule has 1 saturated carbocycles. The molecule has 2 aliphatic rings. The molecule has 2 amide bonds. The van der Waals surface area contributed by atoms with Crippen molar-refractivity contribution in [3.8, 4) is 27.3 Å². The van der Waals surface area contributed by atoms with Crippen molar-refractivity contribution in [3.63, 3.8) is 0 Å². The maximum atomic E-state index is 14.2. The third kappa shape index (κ3) is 5.94. The van der Waals surface area contributed by atoms with Gasteiger partial charge in [0.15, 0.2) is 5.69 Å². The molecule has 0 spiro atoms. The van der Waals surface area contributed by atoms with Crippen LogP contribution in [0, 0.1) is 13.8 Å². The number of rotatable bonds is 7. The number of nitrogens with zero attached hydrogens (tertiary/aromatic N) is 1. The first-order valence-electron chi connectivity index (χ1n) is 14.7. The predicted octanol–water partition coefficient (Wildman–Crippen LogP) is 4.78. The molecule has 0 unspecified atom stereocenters. The normalized spacial score (nSPS) is 16.7. The van der Waals surface area contributed by atoms with Gasteiger partial charge in [0.1, 0.15) is 11.4 Å². The van der Waals surface area contributed by atoms with E-state index < -0.39 is 18.0 Å². The highest BCUT2D eigenvalue weighted by Crippen LogP contribution is 2.43. The number of ether oxygens (including phenoxy) is 2. The van der Waals surface area contributed by atoms with E-state index >= 15 is 0 Å². The van der Waals surface area contributed by atoms with Gasteiger partial charge in [-0.1, -0.05) is 12.1 Å². The number of pyridine rings is 1. The van der Waals surface area contributed by atoms with Gasteiger partial charge in [0, 0.05) is 51.8 Å². The van der Waals surface area contributed by atoms with Gasteiger partial charge in [-0.15, -0.1) is 11.3 Å². The van der Waals surface area contributed by atoms with E-state index in [0.717, 1.165) is 32.7 Å². The van der Waals surface area contributed by atoms with E-state index in [9.17, 15) is 19.5 Å². The van der Waals surface area contributed by atoms with Crippen LogP contribution < -0.4 is 21.1 Å². The molecule has 45 heavy (non-hydrogen) atoms. The number of amides is 2. The number of aliphatic hydroxyl groups is 1. The number of fused-ring (bicyclic) bond motifs is 3. The highest BCUT2D eigenvalue weighted by atomic mass is 32.1. The number of nitrogens with two attached hydrogens (primary N) is 1. The summed E-state index contributed by atoms with van der Waals surface area (Å²) in [4.78, 5) is 45.7. The number of hydrogen-bond acceptors (Lipinski definition) is 9. The Kier molecular flexibility index (Phi) is 8.41. The molecular formula is C34H34N4O6S. The van der Waals surface area contributed by atoms with E-state index in [1.54, 1.807) is 29.5 Å². The van der Waals surface area contributed by atoms with Gasteiger partial charge in [0.25, 0.3) is 11.8 Å². The molecule has 1 fully saturated rings. The van der Waals surface area contributed by atoms with Crippen LogP contribution in [0.15, 0.2) is 47.8 Å². The molecule has 2 aromatic heterocycles. The molecule has 1 aliphatic carbocycles. The number of benzene rings is 2. The number of methoxy groups -OCH3 is 1. The van der Waals surface area contributed by atoms with Crippen LogP contribution >= 0.6 is 11.3 Å². The number of thiophene rings is 1. The van der Waals surface area contributed by atoms with Gasteiger partial charge in [0.2, 0.25) is 0 Å². The zero-order valence-corrected chi connectivity index (χ0v) is 26.0. The number of carbonyl (C=O) groups excluding carboxylic acids is 3. The lowest BCUT2D eigenvalue weighted by Gasteiger charge is -2.31. The maximum absolute atomic E-state index is 14.2. The van der Waals surface area contributed by atoms with Crippen LogP contribution in [-0.4, -0.2) is 53.7 Å². The molecule has 0 saturated heterocycles. The smallest absolute Gasteiger partial charge is 0.357 e. The second kappa shape index (κ2) is 12.4. The summed E-state index contributed by atoms with van der Waals surface area (Å²) in [6, 6.07) is 12.4. The summed E-state index contributed by atoms with van der Waals surface area (Å²) >= 11 is 1.57. The average molecular weight is 627 g/mol. The van der Waals surface area contributed by atoms with Crippen LogP contribution in [-0.2, 0) is 17.7 Å². The molecule has 6 rings (SSSR count). The first-order valence-corrected chi connectivity index (χ1v) is 15.6.